The Morgan fingerprint density at radius 3 is 2.90 bits per heavy atom. The van der Waals surface area contributed by atoms with Gasteiger partial charge in [0, 0.05) is 0 Å². The molecule has 10 heavy (non-hydrogen) atoms. The first-order valence-corrected chi connectivity index (χ1v) is 1.78. The maximum atomic E-state index is 9.67. The average Bonchev–Trinajstić information content (AvgIpc) is 1.87. The zero-order chi connectivity index (χ0) is 7.98. The molecule has 52 valence electrons. The number of nitrogens with zero attached hydrogens (tertiary/aromatic N) is 6. The van der Waals surface area contributed by atoms with Crippen molar-refractivity contribution in [3.05, 3.63) is 20.6 Å². The summed E-state index contributed by atoms with van der Waals surface area (Å²) in [6, 6.07) is 0. The van der Waals surface area contributed by atoms with Gasteiger partial charge in [-0.25, -0.2) is 0 Å². The van der Waals surface area contributed by atoms with Crippen molar-refractivity contribution in [2.45, 2.75) is 0 Å². The Bertz CT molecular complexity index is 208. The van der Waals surface area contributed by atoms with E-state index in [0.29, 0.717) is 0 Å². The van der Waals surface area contributed by atoms with Crippen LogP contribution in [-0.4, -0.2) is 10.3 Å². The summed E-state index contributed by atoms with van der Waals surface area (Å²) >= 11 is 0. The van der Waals surface area contributed by atoms with Crippen LogP contribution in [0.4, 0.5) is 0 Å². The van der Waals surface area contributed by atoms with Gasteiger partial charge in [-0.05, 0) is 0 Å². The predicted octanol–water partition coefficient (Wildman–Crippen LogP) is 0.118. The van der Waals surface area contributed by atoms with Gasteiger partial charge in [0.2, 0.25) is 0 Å². The fraction of sp³-hybridized carbons (Fsp3) is 0. The molecule has 0 aromatic heterocycles. The molecule has 0 heterocycles. The van der Waals surface area contributed by atoms with Crippen LogP contribution in [0.15, 0.2) is 5.22 Å². The van der Waals surface area contributed by atoms with Crippen LogP contribution in [0.5, 0.6) is 0 Å². The molecule has 0 N–H and O–H groups in total. The molecule has 0 saturated heterocycles. The van der Waals surface area contributed by atoms with E-state index in [1.807, 2.05) is 4.91 Å². The summed E-state index contributed by atoms with van der Waals surface area (Å²) in [5, 5.41) is 18.2. The highest BCUT2D eigenvalue weighted by atomic mass is 16.9. The molecule has 0 atom stereocenters. The summed E-state index contributed by atoms with van der Waals surface area (Å²) in [5.41, 5.74) is 7.64. The van der Waals surface area contributed by atoms with Crippen molar-refractivity contribution in [3.63, 3.8) is 0 Å². The maximum absolute atomic E-state index is 9.67. The number of hydrazine groups is 1. The normalized spacial score (nSPS) is 6.70. The molecule has 0 unspecified atom stereocenters. The molecule has 0 fully saturated rings. The summed E-state index contributed by atoms with van der Waals surface area (Å²) < 4.78 is 0. The lowest BCUT2D eigenvalue weighted by atomic mass is 11.6. The van der Waals surface area contributed by atoms with E-state index in [-0.39, 0.29) is 0 Å². The quantitative estimate of drug-likeness (QED) is 0.139. The topological polar surface area (TPSA) is 128 Å². The number of nitro groups is 1. The van der Waals surface area contributed by atoms with Gasteiger partial charge in [-0.1, -0.05) is 5.53 Å². The van der Waals surface area contributed by atoms with Crippen molar-refractivity contribution in [2.24, 2.45) is 5.22 Å². The predicted molar refractivity (Wildman–Crippen MR) is 24.7 cm³/mol. The number of rotatable bonds is 3. The minimum Gasteiger partial charge on any atom is -0.318 e. The highest BCUT2D eigenvalue weighted by molar-refractivity contribution is 4.41. The summed E-state index contributed by atoms with van der Waals surface area (Å²) in [4.78, 5) is 15.2. The molecule has 0 bridgehead atoms. The van der Waals surface area contributed by atoms with Crippen LogP contribution in [0.2, 0.25) is 0 Å². The molecule has 9 heteroatoms. The molecule has 0 spiro atoms. The largest absolute Gasteiger partial charge is 0.499 e. The van der Waals surface area contributed by atoms with Crippen LogP contribution in [0.1, 0.15) is 0 Å². The van der Waals surface area contributed by atoms with Crippen molar-refractivity contribution in [1.29, 1.82) is 5.26 Å². The summed E-state index contributed by atoms with van der Waals surface area (Å²) in [7, 11) is 0. The second-order valence-corrected chi connectivity index (χ2v) is 0.852. The first-order valence-electron chi connectivity index (χ1n) is 1.78. The van der Waals surface area contributed by atoms with Crippen molar-refractivity contribution < 1.29 is 9.87 Å². The summed E-state index contributed by atoms with van der Waals surface area (Å²) in [6.07, 6.45) is 0.953. The Labute approximate surface area is 53.7 Å². The smallest absolute Gasteiger partial charge is 0.318 e. The second-order valence-electron chi connectivity index (χ2n) is 0.852. The van der Waals surface area contributed by atoms with E-state index in [1.54, 1.807) is 0 Å². The van der Waals surface area contributed by atoms with Crippen molar-refractivity contribution >= 4 is 0 Å². The molecule has 9 nitrogen and oxygen atoms in total. The molecular formula is CN6O3. The Kier molecular flexibility index (Phi) is 2.93. The SMILES string of the molecule is N#CON(N=[N+]=[N-])[N+](=O)[O-]. The van der Waals surface area contributed by atoms with E-state index in [4.69, 9.17) is 10.8 Å². The molecule has 0 aliphatic carbocycles. The van der Waals surface area contributed by atoms with Gasteiger partial charge < -0.3 is 10.1 Å². The standard InChI is InChI=1S/CN6O3/c2-1-10-6(5-4-3)7(8)9. The third kappa shape index (κ3) is 2.20. The van der Waals surface area contributed by atoms with Crippen molar-refractivity contribution in [2.75, 3.05) is 0 Å². The monoisotopic (exact) mass is 144 g/mol. The van der Waals surface area contributed by atoms with Crippen LogP contribution in [-0.2, 0) is 4.84 Å². The zero-order valence-corrected chi connectivity index (χ0v) is 4.41. The fourth-order valence-electron chi connectivity index (χ4n) is 0.155. The molecule has 0 radical (unpaired) electrons. The second kappa shape index (κ2) is 3.76. The molecular weight excluding hydrogens is 144 g/mol. The number of hydrogen-bond acceptors (Lipinski definition) is 5. The number of nitriles is 1. The Morgan fingerprint density at radius 2 is 2.60 bits per heavy atom. The van der Waals surface area contributed by atoms with Gasteiger partial charge in [-0.2, -0.15) is 0 Å². The van der Waals surface area contributed by atoms with Crippen molar-refractivity contribution in [3.8, 4) is 6.26 Å². The molecule has 0 aliphatic rings. The molecule has 0 aromatic rings. The molecule has 0 rings (SSSR count). The van der Waals surface area contributed by atoms with Crippen molar-refractivity contribution in [1.82, 2.24) is 5.28 Å². The van der Waals surface area contributed by atoms with Gasteiger partial charge in [0.15, 0.2) is 5.03 Å². The van der Waals surface area contributed by atoms with Crippen LogP contribution in [0.3, 0.4) is 0 Å². The van der Waals surface area contributed by atoms with Gasteiger partial charge in [-0.3, -0.25) is 0 Å². The van der Waals surface area contributed by atoms with Gasteiger partial charge in [0.05, 0.1) is 4.91 Å². The van der Waals surface area contributed by atoms with Gasteiger partial charge in [0.25, 0.3) is 0 Å². The lowest BCUT2D eigenvalue weighted by Gasteiger charge is -1.85. The van der Waals surface area contributed by atoms with Gasteiger partial charge >= 0.3 is 16.8 Å². The minimum absolute atomic E-state index is 0.403. The van der Waals surface area contributed by atoms with Crippen LogP contribution >= 0.6 is 0 Å². The van der Waals surface area contributed by atoms with Gasteiger partial charge in [-0.15, -0.1) is 10.1 Å². The fourth-order valence-corrected chi connectivity index (χ4v) is 0.155. The van der Waals surface area contributed by atoms with E-state index < -0.39 is 10.3 Å². The molecule has 0 amide bonds. The first kappa shape index (κ1) is 7.80. The first-order chi connectivity index (χ1) is 4.72. The van der Waals surface area contributed by atoms with Gasteiger partial charge in [0.1, 0.15) is 0 Å². The Morgan fingerprint density at radius 1 is 2.00 bits per heavy atom. The van der Waals surface area contributed by atoms with E-state index in [0.717, 1.165) is 6.26 Å². The number of hydrogen-bond donors (Lipinski definition) is 0. The Hall–Kier alpha value is -2.20. The number of azide groups is 1. The van der Waals surface area contributed by atoms with Crippen LogP contribution < -0.4 is 0 Å². The third-order valence-corrected chi connectivity index (χ3v) is 0.379. The maximum Gasteiger partial charge on any atom is 0.499 e. The third-order valence-electron chi connectivity index (χ3n) is 0.379. The van der Waals surface area contributed by atoms with E-state index in [2.05, 4.69) is 10.1 Å². The highest BCUT2D eigenvalue weighted by Crippen LogP contribution is 1.89. The lowest BCUT2D eigenvalue weighted by Crippen LogP contribution is -2.21. The Balaban J connectivity index is 4.14. The van der Waals surface area contributed by atoms with E-state index in [1.165, 1.54) is 0 Å². The average molecular weight is 144 g/mol. The highest BCUT2D eigenvalue weighted by Gasteiger charge is 2.27. The van der Waals surface area contributed by atoms with Crippen LogP contribution in [0.25, 0.3) is 10.4 Å². The van der Waals surface area contributed by atoms with Crippen LogP contribution in [0, 0.1) is 21.6 Å². The molecule has 0 saturated carbocycles. The van der Waals surface area contributed by atoms with E-state index in [9.17, 15) is 10.1 Å². The van der Waals surface area contributed by atoms with E-state index >= 15 is 0 Å². The molecule has 0 aromatic carbocycles. The lowest BCUT2D eigenvalue weighted by molar-refractivity contribution is -0.727. The zero-order valence-electron chi connectivity index (χ0n) is 4.41. The molecule has 0 aliphatic heterocycles. The summed E-state index contributed by atoms with van der Waals surface area (Å²) in [5.74, 6) is 0. The summed E-state index contributed by atoms with van der Waals surface area (Å²) in [6.45, 7) is 0. The minimum atomic E-state index is -1.19.